The van der Waals surface area contributed by atoms with Gasteiger partial charge in [0, 0.05) is 11.1 Å². The van der Waals surface area contributed by atoms with Gasteiger partial charge >= 0.3 is 12.1 Å². The highest BCUT2D eigenvalue weighted by Crippen LogP contribution is 2.45. The molecule has 2 aliphatic rings. The molecule has 0 radical (unpaired) electrons. The molecule has 1 aliphatic heterocycles. The number of ether oxygens (including phenoxy) is 4. The van der Waals surface area contributed by atoms with E-state index in [0.29, 0.717) is 25.2 Å². The quantitative estimate of drug-likeness (QED) is 0.486. The lowest BCUT2D eigenvalue weighted by Crippen LogP contribution is -2.57. The molecule has 1 aliphatic carbocycles. The van der Waals surface area contributed by atoms with Crippen molar-refractivity contribution >= 4 is 12.1 Å². The van der Waals surface area contributed by atoms with Gasteiger partial charge in [-0.3, -0.25) is 0 Å². The maximum atomic E-state index is 12.7. The molecular weight excluding hydrogens is 462 g/mol. The van der Waals surface area contributed by atoms with E-state index in [4.69, 9.17) is 18.9 Å². The number of amides is 1. The van der Waals surface area contributed by atoms with Crippen molar-refractivity contribution in [2.75, 3.05) is 26.4 Å². The topological polar surface area (TPSA) is 103 Å². The van der Waals surface area contributed by atoms with Crippen molar-refractivity contribution in [3.63, 3.8) is 0 Å². The number of hydrogen-bond donors (Lipinski definition) is 2. The highest BCUT2D eigenvalue weighted by molar-refractivity contribution is 5.89. The summed E-state index contributed by atoms with van der Waals surface area (Å²) in [5.41, 5.74) is 4.22. The number of aliphatic hydroxyl groups is 1. The number of aliphatic hydroxyl groups excluding tert-OH is 1. The molecule has 3 aromatic carbocycles. The minimum Gasteiger partial charge on any atom is -0.456 e. The summed E-state index contributed by atoms with van der Waals surface area (Å²) in [5, 5.41) is 13.5. The average Bonchev–Trinajstić information content (AvgIpc) is 3.25. The van der Waals surface area contributed by atoms with Gasteiger partial charge in [0.25, 0.3) is 0 Å². The lowest BCUT2D eigenvalue weighted by molar-refractivity contribution is -0.318. The maximum Gasteiger partial charge on any atom is 0.408 e. The van der Waals surface area contributed by atoms with Crippen LogP contribution < -0.4 is 5.32 Å². The molecule has 1 atom stereocenters. The van der Waals surface area contributed by atoms with Gasteiger partial charge in [0.1, 0.15) is 12.7 Å². The summed E-state index contributed by atoms with van der Waals surface area (Å²) in [5.74, 6) is -2.16. The monoisotopic (exact) mass is 489 g/mol. The Labute approximate surface area is 208 Å². The van der Waals surface area contributed by atoms with Crippen LogP contribution in [0.4, 0.5) is 4.79 Å². The fourth-order valence-electron chi connectivity index (χ4n) is 4.51. The molecule has 3 aromatic rings. The van der Waals surface area contributed by atoms with Crippen LogP contribution in [0, 0.1) is 0 Å². The number of carbonyl (C=O) groups excluding carboxylic acids is 2. The van der Waals surface area contributed by atoms with E-state index < -0.39 is 30.1 Å². The average molecular weight is 490 g/mol. The zero-order chi connectivity index (χ0) is 25.0. The van der Waals surface area contributed by atoms with E-state index in [2.05, 4.69) is 5.32 Å². The normalized spacial score (nSPS) is 16.9. The Morgan fingerprint density at radius 2 is 1.50 bits per heavy atom. The van der Waals surface area contributed by atoms with E-state index in [1.54, 1.807) is 30.3 Å². The van der Waals surface area contributed by atoms with Crippen molar-refractivity contribution in [1.82, 2.24) is 5.32 Å². The second kappa shape index (κ2) is 10.5. The first-order chi connectivity index (χ1) is 17.6. The number of hydrogen-bond acceptors (Lipinski definition) is 7. The Kier molecular flexibility index (Phi) is 6.99. The first-order valence-electron chi connectivity index (χ1n) is 11.9. The number of carbonyl (C=O) groups is 2. The third-order valence-corrected chi connectivity index (χ3v) is 6.34. The molecule has 186 valence electrons. The van der Waals surface area contributed by atoms with Gasteiger partial charge in [-0.1, -0.05) is 66.7 Å². The van der Waals surface area contributed by atoms with Crippen molar-refractivity contribution in [3.05, 3.63) is 95.6 Å². The van der Waals surface area contributed by atoms with Crippen LogP contribution in [-0.2, 0) is 18.9 Å². The minimum atomic E-state index is -1.59. The van der Waals surface area contributed by atoms with Gasteiger partial charge in [0.15, 0.2) is 6.10 Å². The molecule has 0 saturated carbocycles. The number of nitrogens with one attached hydrogen (secondary N) is 1. The molecule has 8 heteroatoms. The second-order valence-corrected chi connectivity index (χ2v) is 8.66. The third-order valence-electron chi connectivity index (χ3n) is 6.34. The molecule has 1 amide bonds. The fourth-order valence-corrected chi connectivity index (χ4v) is 4.51. The highest BCUT2D eigenvalue weighted by atomic mass is 16.7. The Bertz CT molecular complexity index is 1180. The lowest BCUT2D eigenvalue weighted by Gasteiger charge is -2.39. The zero-order valence-corrected chi connectivity index (χ0v) is 19.6. The summed E-state index contributed by atoms with van der Waals surface area (Å²) < 4.78 is 22.6. The SMILES string of the molecule is O=C(NC[C@H](O)C1(COC(=O)c2ccccc2)OCCCO1)OC1c2ccccc2-c2ccccc21. The first-order valence-corrected chi connectivity index (χ1v) is 11.9. The lowest BCUT2D eigenvalue weighted by atomic mass is 10.1. The number of alkyl carbamates (subject to hydrolysis) is 1. The molecule has 0 bridgehead atoms. The van der Waals surface area contributed by atoms with Crippen LogP contribution in [0.3, 0.4) is 0 Å². The summed E-state index contributed by atoms with van der Waals surface area (Å²) in [4.78, 5) is 25.2. The van der Waals surface area contributed by atoms with Crippen molar-refractivity contribution in [2.24, 2.45) is 0 Å². The Morgan fingerprint density at radius 3 is 2.14 bits per heavy atom. The van der Waals surface area contributed by atoms with Crippen LogP contribution in [0.25, 0.3) is 11.1 Å². The molecule has 5 rings (SSSR count). The van der Waals surface area contributed by atoms with E-state index in [-0.39, 0.29) is 13.2 Å². The standard InChI is InChI=1S/C28H27NO7/c30-24(28(34-15-8-16-35-28)18-33-26(31)19-9-2-1-3-10-19)17-29-27(32)36-25-22-13-6-4-11-20(22)21-12-5-7-14-23(21)25/h1-7,9-14,24-25,30H,8,15-18H2,(H,29,32)/t24-/m0/s1. The largest absolute Gasteiger partial charge is 0.456 e. The molecule has 1 saturated heterocycles. The van der Waals surface area contributed by atoms with Crippen LogP contribution in [0.15, 0.2) is 78.9 Å². The number of esters is 1. The van der Waals surface area contributed by atoms with Gasteiger partial charge in [0.05, 0.1) is 25.3 Å². The van der Waals surface area contributed by atoms with Gasteiger partial charge in [0.2, 0.25) is 5.79 Å². The van der Waals surface area contributed by atoms with E-state index in [9.17, 15) is 14.7 Å². The second-order valence-electron chi connectivity index (χ2n) is 8.66. The van der Waals surface area contributed by atoms with Gasteiger partial charge < -0.3 is 29.4 Å². The highest BCUT2D eigenvalue weighted by Gasteiger charge is 2.44. The molecule has 36 heavy (non-hydrogen) atoms. The Hall–Kier alpha value is -3.72. The predicted molar refractivity (Wildman–Crippen MR) is 130 cm³/mol. The molecule has 1 fully saturated rings. The Balaban J connectivity index is 1.22. The molecule has 0 spiro atoms. The van der Waals surface area contributed by atoms with Crippen molar-refractivity contribution in [1.29, 1.82) is 0 Å². The zero-order valence-electron chi connectivity index (χ0n) is 19.6. The van der Waals surface area contributed by atoms with Crippen LogP contribution in [-0.4, -0.2) is 55.4 Å². The molecule has 8 nitrogen and oxygen atoms in total. The van der Waals surface area contributed by atoms with Crippen molar-refractivity contribution in [2.45, 2.75) is 24.4 Å². The summed E-state index contributed by atoms with van der Waals surface area (Å²) in [7, 11) is 0. The number of fused-ring (bicyclic) bond motifs is 3. The summed E-state index contributed by atoms with van der Waals surface area (Å²) in [6.07, 6.45) is -1.93. The van der Waals surface area contributed by atoms with Crippen molar-refractivity contribution in [3.8, 4) is 11.1 Å². The number of benzene rings is 3. The van der Waals surface area contributed by atoms with E-state index in [1.807, 2.05) is 48.5 Å². The molecule has 1 heterocycles. The van der Waals surface area contributed by atoms with E-state index in [1.165, 1.54) is 0 Å². The summed E-state index contributed by atoms with van der Waals surface area (Å²) in [6.45, 7) is 0.0831. The predicted octanol–water partition coefficient (Wildman–Crippen LogP) is 3.83. The molecular formula is C28H27NO7. The van der Waals surface area contributed by atoms with Gasteiger partial charge in [-0.05, 0) is 29.7 Å². The van der Waals surface area contributed by atoms with Crippen LogP contribution >= 0.6 is 0 Å². The van der Waals surface area contributed by atoms with Crippen LogP contribution in [0.2, 0.25) is 0 Å². The van der Waals surface area contributed by atoms with Crippen LogP contribution in [0.1, 0.15) is 34.0 Å². The fraction of sp³-hybridized carbons (Fsp3) is 0.286. The first kappa shape index (κ1) is 24.0. The Morgan fingerprint density at radius 1 is 0.917 bits per heavy atom. The maximum absolute atomic E-state index is 12.7. The summed E-state index contributed by atoms with van der Waals surface area (Å²) >= 11 is 0. The number of rotatable bonds is 7. The van der Waals surface area contributed by atoms with E-state index >= 15 is 0 Å². The smallest absolute Gasteiger partial charge is 0.408 e. The van der Waals surface area contributed by atoms with Crippen LogP contribution in [0.5, 0.6) is 0 Å². The third kappa shape index (κ3) is 4.83. The van der Waals surface area contributed by atoms with Gasteiger partial charge in [-0.15, -0.1) is 0 Å². The molecule has 2 N–H and O–H groups in total. The molecule has 0 unspecified atom stereocenters. The van der Waals surface area contributed by atoms with Gasteiger partial charge in [-0.25, -0.2) is 9.59 Å². The summed E-state index contributed by atoms with van der Waals surface area (Å²) in [6, 6.07) is 24.1. The minimum absolute atomic E-state index is 0.224. The van der Waals surface area contributed by atoms with Gasteiger partial charge in [-0.2, -0.15) is 0 Å². The molecule has 0 aromatic heterocycles. The van der Waals surface area contributed by atoms with E-state index in [0.717, 1.165) is 22.3 Å². The van der Waals surface area contributed by atoms with Crippen molar-refractivity contribution < 1.29 is 33.6 Å².